The molecule has 0 unspecified atom stereocenters. The van der Waals surface area contributed by atoms with Gasteiger partial charge in [0.1, 0.15) is 5.69 Å². The molecule has 0 spiro atoms. The molecular weight excluding hydrogens is 372 g/mol. The summed E-state index contributed by atoms with van der Waals surface area (Å²) < 4.78 is 1.80. The van der Waals surface area contributed by atoms with E-state index in [1.807, 2.05) is 60.8 Å². The van der Waals surface area contributed by atoms with Crippen molar-refractivity contribution in [2.45, 2.75) is 6.54 Å². The van der Waals surface area contributed by atoms with Gasteiger partial charge < -0.3 is 0 Å². The van der Waals surface area contributed by atoms with Crippen molar-refractivity contribution in [2.24, 2.45) is 5.10 Å². The van der Waals surface area contributed by atoms with Crippen LogP contribution in [0.25, 0.3) is 17.0 Å². The number of anilines is 1. The van der Waals surface area contributed by atoms with Gasteiger partial charge in [-0.1, -0.05) is 47.1 Å². The van der Waals surface area contributed by atoms with Gasteiger partial charge in [-0.05, 0) is 42.0 Å². The normalized spacial score (nSPS) is 11.6. The molecule has 1 N–H and O–H groups in total. The van der Waals surface area contributed by atoms with Crippen LogP contribution in [0.1, 0.15) is 11.3 Å². The van der Waals surface area contributed by atoms with Gasteiger partial charge in [-0.15, -0.1) is 5.10 Å². The second-order valence-electron chi connectivity index (χ2n) is 6.10. The third-order valence-corrected chi connectivity index (χ3v) is 4.30. The van der Waals surface area contributed by atoms with Crippen LogP contribution in [-0.4, -0.2) is 26.2 Å². The molecule has 0 amide bonds. The Morgan fingerprint density at radius 1 is 1.11 bits per heavy atom. The molecule has 0 aliphatic rings. The molecular formula is C21H17ClN6. The summed E-state index contributed by atoms with van der Waals surface area (Å²) in [6.07, 6.45) is 8.94. The Labute approximate surface area is 167 Å². The first-order valence-corrected chi connectivity index (χ1v) is 9.10. The quantitative estimate of drug-likeness (QED) is 0.386. The van der Waals surface area contributed by atoms with Crippen LogP contribution in [-0.2, 0) is 6.54 Å². The van der Waals surface area contributed by atoms with Gasteiger partial charge in [0, 0.05) is 22.8 Å². The Kier molecular flexibility index (Phi) is 5.40. The molecule has 28 heavy (non-hydrogen) atoms. The highest BCUT2D eigenvalue weighted by Crippen LogP contribution is 2.24. The number of aromatic nitrogens is 4. The first kappa shape index (κ1) is 17.9. The fourth-order valence-corrected chi connectivity index (χ4v) is 2.91. The van der Waals surface area contributed by atoms with Crippen LogP contribution in [0.15, 0.2) is 78.2 Å². The zero-order valence-corrected chi connectivity index (χ0v) is 15.7. The Balaban J connectivity index is 1.37. The number of halogens is 1. The van der Waals surface area contributed by atoms with E-state index < -0.39 is 0 Å². The number of nitrogens with zero attached hydrogens (tertiary/aromatic N) is 5. The molecule has 6 nitrogen and oxygen atoms in total. The molecule has 0 fully saturated rings. The molecule has 0 atom stereocenters. The van der Waals surface area contributed by atoms with E-state index in [1.165, 1.54) is 5.56 Å². The highest BCUT2D eigenvalue weighted by Gasteiger charge is 2.01. The van der Waals surface area contributed by atoms with Crippen LogP contribution in [0.3, 0.4) is 0 Å². The second kappa shape index (κ2) is 8.45. The Morgan fingerprint density at radius 3 is 2.89 bits per heavy atom. The lowest BCUT2D eigenvalue weighted by Crippen LogP contribution is -1.99. The smallest absolute Gasteiger partial charge is 0.105 e. The van der Waals surface area contributed by atoms with E-state index in [2.05, 4.69) is 38.0 Å². The third-order valence-electron chi connectivity index (χ3n) is 4.06. The van der Waals surface area contributed by atoms with Crippen molar-refractivity contribution in [1.82, 2.24) is 20.0 Å². The van der Waals surface area contributed by atoms with E-state index in [0.717, 1.165) is 22.3 Å². The SMILES string of the molecule is Clc1ccc2c(N/N=C/C=C/c3cn(Cc4ccccc4)nn3)ccnc2c1. The van der Waals surface area contributed by atoms with Crippen molar-refractivity contribution in [1.29, 1.82) is 0 Å². The van der Waals surface area contributed by atoms with Crippen LogP contribution in [0.4, 0.5) is 5.69 Å². The fraction of sp³-hybridized carbons (Fsp3) is 0.0476. The van der Waals surface area contributed by atoms with Crippen molar-refractivity contribution in [3.8, 4) is 0 Å². The van der Waals surface area contributed by atoms with Gasteiger partial charge >= 0.3 is 0 Å². The molecule has 2 aromatic heterocycles. The number of hydrogen-bond acceptors (Lipinski definition) is 5. The first-order chi connectivity index (χ1) is 13.8. The van der Waals surface area contributed by atoms with Crippen molar-refractivity contribution in [2.75, 3.05) is 5.43 Å². The Bertz CT molecular complexity index is 1130. The summed E-state index contributed by atoms with van der Waals surface area (Å²) in [7, 11) is 0. The highest BCUT2D eigenvalue weighted by atomic mass is 35.5. The maximum atomic E-state index is 6.01. The van der Waals surface area contributed by atoms with Gasteiger partial charge in [0.2, 0.25) is 0 Å². The van der Waals surface area contributed by atoms with Crippen LogP contribution in [0, 0.1) is 0 Å². The lowest BCUT2D eigenvalue weighted by Gasteiger charge is -2.04. The molecule has 138 valence electrons. The predicted molar refractivity (Wildman–Crippen MR) is 113 cm³/mol. The topological polar surface area (TPSA) is 68.0 Å². The molecule has 2 aromatic carbocycles. The van der Waals surface area contributed by atoms with Gasteiger partial charge in [0.05, 0.1) is 23.9 Å². The van der Waals surface area contributed by atoms with Gasteiger partial charge in [-0.25, -0.2) is 4.68 Å². The van der Waals surface area contributed by atoms with E-state index in [4.69, 9.17) is 11.6 Å². The second-order valence-corrected chi connectivity index (χ2v) is 6.53. The summed E-state index contributed by atoms with van der Waals surface area (Å²) >= 11 is 6.01. The summed E-state index contributed by atoms with van der Waals surface area (Å²) in [6, 6.07) is 17.6. The predicted octanol–water partition coefficient (Wildman–Crippen LogP) is 4.64. The molecule has 0 saturated heterocycles. The number of allylic oxidation sites excluding steroid dienone is 1. The van der Waals surface area contributed by atoms with Crippen molar-refractivity contribution in [3.05, 3.63) is 89.3 Å². The summed E-state index contributed by atoms with van der Waals surface area (Å²) in [4.78, 5) is 4.31. The number of hydrazone groups is 1. The number of rotatable bonds is 6. The Hall–Kier alpha value is -3.51. The molecule has 0 radical (unpaired) electrons. The molecule has 4 rings (SSSR count). The largest absolute Gasteiger partial charge is 0.278 e. The number of hydrogen-bond donors (Lipinski definition) is 1. The lowest BCUT2D eigenvalue weighted by molar-refractivity contribution is 0.649. The van der Waals surface area contributed by atoms with Crippen LogP contribution in [0.2, 0.25) is 5.02 Å². The van der Waals surface area contributed by atoms with E-state index >= 15 is 0 Å². The zero-order valence-electron chi connectivity index (χ0n) is 14.9. The van der Waals surface area contributed by atoms with E-state index in [9.17, 15) is 0 Å². The van der Waals surface area contributed by atoms with E-state index in [0.29, 0.717) is 11.6 Å². The van der Waals surface area contributed by atoms with Crippen LogP contribution < -0.4 is 5.43 Å². The standard InChI is InChI=1S/C21H17ClN6/c22-17-8-9-19-20(10-12-23-21(19)13-17)26-24-11-4-7-18-15-28(27-25-18)14-16-5-2-1-3-6-16/h1-13,15H,14H2,(H,23,26)/b7-4+,24-11+. The minimum Gasteiger partial charge on any atom is -0.278 e. The molecule has 4 aromatic rings. The minimum absolute atomic E-state index is 0.656. The average molecular weight is 389 g/mol. The van der Waals surface area contributed by atoms with Crippen LogP contribution >= 0.6 is 11.6 Å². The summed E-state index contributed by atoms with van der Waals surface area (Å²) in [6.45, 7) is 0.691. The monoisotopic (exact) mass is 388 g/mol. The minimum atomic E-state index is 0.656. The maximum Gasteiger partial charge on any atom is 0.105 e. The average Bonchev–Trinajstić information content (AvgIpc) is 3.15. The molecule has 0 bridgehead atoms. The summed E-state index contributed by atoms with van der Waals surface area (Å²) in [5.74, 6) is 0. The van der Waals surface area contributed by atoms with Gasteiger partial charge in [0.25, 0.3) is 0 Å². The highest BCUT2D eigenvalue weighted by molar-refractivity contribution is 6.31. The summed E-state index contributed by atoms with van der Waals surface area (Å²) in [5.41, 5.74) is 6.65. The third kappa shape index (κ3) is 4.42. The van der Waals surface area contributed by atoms with E-state index in [1.54, 1.807) is 17.1 Å². The summed E-state index contributed by atoms with van der Waals surface area (Å²) in [5, 5.41) is 14.1. The van der Waals surface area contributed by atoms with E-state index in [-0.39, 0.29) is 0 Å². The Morgan fingerprint density at radius 2 is 2.00 bits per heavy atom. The fourth-order valence-electron chi connectivity index (χ4n) is 2.75. The number of pyridine rings is 1. The molecule has 0 aliphatic carbocycles. The number of nitrogens with one attached hydrogen (secondary N) is 1. The number of fused-ring (bicyclic) bond motifs is 1. The van der Waals surface area contributed by atoms with Crippen molar-refractivity contribution >= 4 is 40.5 Å². The zero-order chi connectivity index (χ0) is 19.2. The molecule has 0 aliphatic heterocycles. The van der Waals surface area contributed by atoms with Crippen LogP contribution in [0.5, 0.6) is 0 Å². The van der Waals surface area contributed by atoms with Gasteiger partial charge in [-0.3, -0.25) is 10.4 Å². The lowest BCUT2D eigenvalue weighted by atomic mass is 10.2. The first-order valence-electron chi connectivity index (χ1n) is 8.72. The van der Waals surface area contributed by atoms with Gasteiger partial charge in [-0.2, -0.15) is 5.10 Å². The van der Waals surface area contributed by atoms with Crippen molar-refractivity contribution in [3.63, 3.8) is 0 Å². The molecule has 2 heterocycles. The van der Waals surface area contributed by atoms with Crippen molar-refractivity contribution < 1.29 is 0 Å². The molecule has 7 heteroatoms. The molecule has 0 saturated carbocycles. The van der Waals surface area contributed by atoms with Gasteiger partial charge in [0.15, 0.2) is 0 Å². The number of benzene rings is 2. The maximum absolute atomic E-state index is 6.01.